The molecule has 2 amide bonds. The number of hydrogen-bond donors (Lipinski definition) is 4. The average molecular weight is 358 g/mol. The van der Waals surface area contributed by atoms with Crippen molar-refractivity contribution >= 4 is 27.8 Å². The van der Waals surface area contributed by atoms with Gasteiger partial charge in [0, 0.05) is 24.7 Å². The molecule has 1 heterocycles. The number of anilines is 1. The SMILES string of the molecule is CC(C)(C)NS(=O)(=O)c1ccc(NC(=O)NCCCC(=O)O)nc1. The molecule has 0 unspecified atom stereocenters. The van der Waals surface area contributed by atoms with Gasteiger partial charge in [-0.15, -0.1) is 0 Å². The Morgan fingerprint density at radius 1 is 1.25 bits per heavy atom. The molecule has 134 valence electrons. The molecule has 0 bridgehead atoms. The first-order valence-corrected chi connectivity index (χ1v) is 8.74. The fourth-order valence-electron chi connectivity index (χ4n) is 1.68. The molecule has 0 aliphatic rings. The van der Waals surface area contributed by atoms with E-state index >= 15 is 0 Å². The highest BCUT2D eigenvalue weighted by atomic mass is 32.2. The maximum atomic E-state index is 12.1. The molecule has 0 aromatic carbocycles. The summed E-state index contributed by atoms with van der Waals surface area (Å²) in [5.41, 5.74) is -0.619. The Kier molecular flexibility index (Phi) is 6.67. The number of nitrogens with zero attached hydrogens (tertiary/aromatic N) is 1. The number of nitrogens with one attached hydrogen (secondary N) is 3. The second-order valence-electron chi connectivity index (χ2n) is 6.11. The number of carboxylic acid groups (broad SMARTS) is 1. The van der Waals surface area contributed by atoms with Gasteiger partial charge in [-0.2, -0.15) is 0 Å². The molecule has 1 aromatic rings. The van der Waals surface area contributed by atoms with Crippen LogP contribution in [0.4, 0.5) is 10.6 Å². The summed E-state index contributed by atoms with van der Waals surface area (Å²) in [4.78, 5) is 25.8. The molecule has 0 radical (unpaired) electrons. The number of aromatic nitrogens is 1. The van der Waals surface area contributed by atoms with Crippen molar-refractivity contribution in [3.63, 3.8) is 0 Å². The van der Waals surface area contributed by atoms with Crippen molar-refractivity contribution in [3.05, 3.63) is 18.3 Å². The first-order valence-electron chi connectivity index (χ1n) is 7.26. The number of hydrogen-bond acceptors (Lipinski definition) is 5. The normalized spacial score (nSPS) is 11.8. The number of carbonyl (C=O) groups excluding carboxylic acids is 1. The number of rotatable bonds is 7. The van der Waals surface area contributed by atoms with Gasteiger partial charge in [-0.3, -0.25) is 10.1 Å². The Hall–Kier alpha value is -2.20. The molecule has 0 atom stereocenters. The lowest BCUT2D eigenvalue weighted by atomic mass is 10.1. The van der Waals surface area contributed by atoms with E-state index in [9.17, 15) is 18.0 Å². The highest BCUT2D eigenvalue weighted by Gasteiger charge is 2.22. The third-order valence-corrected chi connectivity index (χ3v) is 4.32. The van der Waals surface area contributed by atoms with Crippen LogP contribution in [0.3, 0.4) is 0 Å². The van der Waals surface area contributed by atoms with Gasteiger partial charge >= 0.3 is 12.0 Å². The Morgan fingerprint density at radius 2 is 1.92 bits per heavy atom. The van der Waals surface area contributed by atoms with Crippen LogP contribution in [0.5, 0.6) is 0 Å². The van der Waals surface area contributed by atoms with Crippen molar-refractivity contribution in [2.24, 2.45) is 0 Å². The molecule has 0 aliphatic carbocycles. The average Bonchev–Trinajstić information content (AvgIpc) is 2.41. The molecular weight excluding hydrogens is 336 g/mol. The number of carboxylic acids is 1. The van der Waals surface area contributed by atoms with Gasteiger partial charge < -0.3 is 10.4 Å². The first-order chi connectivity index (χ1) is 11.0. The smallest absolute Gasteiger partial charge is 0.320 e. The number of aliphatic carboxylic acids is 1. The van der Waals surface area contributed by atoms with Gasteiger partial charge in [0.15, 0.2) is 0 Å². The molecule has 10 heteroatoms. The van der Waals surface area contributed by atoms with Crippen LogP contribution >= 0.6 is 0 Å². The lowest BCUT2D eigenvalue weighted by Crippen LogP contribution is -2.40. The van der Waals surface area contributed by atoms with Crippen LogP contribution in [0.15, 0.2) is 23.2 Å². The van der Waals surface area contributed by atoms with Gasteiger partial charge in [0.2, 0.25) is 10.0 Å². The van der Waals surface area contributed by atoms with Crippen molar-refractivity contribution in [1.29, 1.82) is 0 Å². The van der Waals surface area contributed by atoms with Crippen molar-refractivity contribution in [2.45, 2.75) is 44.0 Å². The second kappa shape index (κ2) is 8.06. The van der Waals surface area contributed by atoms with Crippen LogP contribution in [-0.2, 0) is 14.8 Å². The number of pyridine rings is 1. The van der Waals surface area contributed by atoms with Gasteiger partial charge in [0.1, 0.15) is 10.7 Å². The van der Waals surface area contributed by atoms with E-state index in [0.717, 1.165) is 6.20 Å². The third kappa shape index (κ3) is 7.38. The fraction of sp³-hybridized carbons (Fsp3) is 0.500. The Bertz CT molecular complexity index is 680. The van der Waals surface area contributed by atoms with E-state index in [1.54, 1.807) is 20.8 Å². The van der Waals surface area contributed by atoms with Crippen molar-refractivity contribution in [1.82, 2.24) is 15.0 Å². The largest absolute Gasteiger partial charge is 0.481 e. The Labute approximate surface area is 140 Å². The highest BCUT2D eigenvalue weighted by molar-refractivity contribution is 7.89. The minimum absolute atomic E-state index is 0.00941. The van der Waals surface area contributed by atoms with Crippen LogP contribution in [0.25, 0.3) is 0 Å². The van der Waals surface area contributed by atoms with Crippen LogP contribution in [0.2, 0.25) is 0 Å². The van der Waals surface area contributed by atoms with E-state index in [0.29, 0.717) is 6.42 Å². The molecular formula is C14H22N4O5S. The van der Waals surface area contributed by atoms with Crippen LogP contribution in [0.1, 0.15) is 33.6 Å². The van der Waals surface area contributed by atoms with Crippen molar-refractivity contribution < 1.29 is 23.1 Å². The van der Waals surface area contributed by atoms with Gasteiger partial charge in [-0.25, -0.2) is 22.9 Å². The quantitative estimate of drug-likeness (QED) is 0.539. The van der Waals surface area contributed by atoms with E-state index < -0.39 is 27.6 Å². The minimum Gasteiger partial charge on any atom is -0.481 e. The minimum atomic E-state index is -3.69. The number of amides is 2. The first kappa shape index (κ1) is 19.8. The summed E-state index contributed by atoms with van der Waals surface area (Å²) in [5.74, 6) is -0.750. The van der Waals surface area contributed by atoms with E-state index in [1.165, 1.54) is 12.1 Å². The predicted molar refractivity (Wildman–Crippen MR) is 88.2 cm³/mol. The van der Waals surface area contributed by atoms with Gasteiger partial charge in [0.05, 0.1) is 0 Å². The van der Waals surface area contributed by atoms with E-state index in [4.69, 9.17) is 5.11 Å². The van der Waals surface area contributed by atoms with Gasteiger partial charge in [0.25, 0.3) is 0 Å². The highest BCUT2D eigenvalue weighted by Crippen LogP contribution is 2.13. The van der Waals surface area contributed by atoms with Crippen LogP contribution in [0, 0.1) is 0 Å². The summed E-state index contributed by atoms with van der Waals surface area (Å²) in [7, 11) is -3.69. The van der Waals surface area contributed by atoms with Gasteiger partial charge in [-0.1, -0.05) is 0 Å². The molecule has 1 rings (SSSR count). The Morgan fingerprint density at radius 3 is 2.42 bits per heavy atom. The van der Waals surface area contributed by atoms with Crippen LogP contribution in [-0.4, -0.2) is 42.6 Å². The second-order valence-corrected chi connectivity index (χ2v) is 7.80. The molecule has 0 saturated heterocycles. The molecule has 0 saturated carbocycles. The van der Waals surface area contributed by atoms with Gasteiger partial charge in [-0.05, 0) is 39.3 Å². The summed E-state index contributed by atoms with van der Waals surface area (Å²) >= 11 is 0. The molecule has 4 N–H and O–H groups in total. The molecule has 24 heavy (non-hydrogen) atoms. The summed E-state index contributed by atoms with van der Waals surface area (Å²) in [5, 5.41) is 13.4. The Balaban J connectivity index is 2.58. The topological polar surface area (TPSA) is 137 Å². The van der Waals surface area contributed by atoms with E-state index in [-0.39, 0.29) is 23.7 Å². The zero-order valence-corrected chi connectivity index (χ0v) is 14.6. The zero-order valence-electron chi connectivity index (χ0n) is 13.8. The standard InChI is InChI=1S/C14H22N4O5S/c1-14(2,3)18-24(22,23)10-6-7-11(16-9-10)17-13(21)15-8-4-5-12(19)20/h6-7,9,18H,4-5,8H2,1-3H3,(H,19,20)(H2,15,16,17,21). The fourth-order valence-corrected chi connectivity index (χ4v) is 3.04. The zero-order chi connectivity index (χ0) is 18.4. The summed E-state index contributed by atoms with van der Waals surface area (Å²) in [6.07, 6.45) is 1.42. The number of sulfonamides is 1. The molecule has 0 spiro atoms. The van der Waals surface area contributed by atoms with E-state index in [1.807, 2.05) is 0 Å². The summed E-state index contributed by atoms with van der Waals surface area (Å²) in [6, 6.07) is 2.16. The number of carbonyl (C=O) groups is 2. The lowest BCUT2D eigenvalue weighted by molar-refractivity contribution is -0.137. The van der Waals surface area contributed by atoms with Crippen molar-refractivity contribution in [2.75, 3.05) is 11.9 Å². The predicted octanol–water partition coefficient (Wildman–Crippen LogP) is 1.14. The molecule has 1 aromatic heterocycles. The van der Waals surface area contributed by atoms with Crippen molar-refractivity contribution in [3.8, 4) is 0 Å². The lowest BCUT2D eigenvalue weighted by Gasteiger charge is -2.20. The maximum Gasteiger partial charge on any atom is 0.320 e. The monoisotopic (exact) mass is 358 g/mol. The summed E-state index contributed by atoms with van der Waals surface area (Å²) in [6.45, 7) is 5.38. The van der Waals surface area contributed by atoms with E-state index in [2.05, 4.69) is 20.3 Å². The third-order valence-electron chi connectivity index (χ3n) is 2.58. The van der Waals surface area contributed by atoms with Crippen LogP contribution < -0.4 is 15.4 Å². The number of urea groups is 1. The molecule has 9 nitrogen and oxygen atoms in total. The molecule has 0 aliphatic heterocycles. The maximum absolute atomic E-state index is 12.1. The molecule has 0 fully saturated rings. The summed E-state index contributed by atoms with van der Waals surface area (Å²) < 4.78 is 26.7.